The smallest absolute Gasteiger partial charge is 0.339 e. The summed E-state index contributed by atoms with van der Waals surface area (Å²) in [6.45, 7) is -0.0618. The number of nitrogens with zero attached hydrogens (tertiary/aromatic N) is 1. The predicted octanol–water partition coefficient (Wildman–Crippen LogP) is 4.97. The Balaban J connectivity index is 1.74. The summed E-state index contributed by atoms with van der Waals surface area (Å²) in [5, 5.41) is 11.2. The van der Waals surface area contributed by atoms with Crippen molar-refractivity contribution in [2.24, 2.45) is 0 Å². The van der Waals surface area contributed by atoms with Gasteiger partial charge in [-0.15, -0.1) is 0 Å². The number of carbonyl (C=O) groups excluding carboxylic acids is 1. The van der Waals surface area contributed by atoms with Gasteiger partial charge in [0, 0.05) is 22.7 Å². The number of carboxylic acids is 1. The van der Waals surface area contributed by atoms with Crippen LogP contribution in [0.5, 0.6) is 5.75 Å². The molecule has 0 unspecified atom stereocenters. The van der Waals surface area contributed by atoms with E-state index in [9.17, 15) is 14.7 Å². The van der Waals surface area contributed by atoms with Gasteiger partial charge in [0.15, 0.2) is 0 Å². The fourth-order valence-electron chi connectivity index (χ4n) is 3.45. The van der Waals surface area contributed by atoms with Crippen molar-refractivity contribution < 1.29 is 24.2 Å². The van der Waals surface area contributed by atoms with Gasteiger partial charge in [-0.2, -0.15) is 0 Å². The molecule has 0 spiro atoms. The van der Waals surface area contributed by atoms with E-state index in [0.29, 0.717) is 11.4 Å². The van der Waals surface area contributed by atoms with E-state index in [-0.39, 0.29) is 17.7 Å². The number of hydrogen-bond acceptors (Lipinski definition) is 5. The van der Waals surface area contributed by atoms with Crippen molar-refractivity contribution in [1.82, 2.24) is 4.98 Å². The zero-order valence-corrected chi connectivity index (χ0v) is 16.7. The van der Waals surface area contributed by atoms with E-state index in [1.54, 1.807) is 25.4 Å². The molecule has 6 heteroatoms. The van der Waals surface area contributed by atoms with E-state index >= 15 is 0 Å². The first-order valence-electron chi connectivity index (χ1n) is 9.59. The SMILES string of the molecule is COc1cccc(-c2ncc3ccccc3c2COC(=O)c2ccccc2C(=O)O)c1. The minimum absolute atomic E-state index is 0.00567. The number of rotatable bonds is 6. The number of pyridine rings is 1. The lowest BCUT2D eigenvalue weighted by atomic mass is 10.00. The van der Waals surface area contributed by atoms with Crippen molar-refractivity contribution in [3.8, 4) is 17.0 Å². The summed E-state index contributed by atoms with van der Waals surface area (Å²) in [4.78, 5) is 28.8. The molecule has 0 radical (unpaired) electrons. The molecule has 4 aromatic rings. The number of benzene rings is 3. The van der Waals surface area contributed by atoms with Crippen LogP contribution in [0.2, 0.25) is 0 Å². The van der Waals surface area contributed by atoms with Gasteiger partial charge >= 0.3 is 11.9 Å². The number of hydrogen-bond donors (Lipinski definition) is 1. The topological polar surface area (TPSA) is 85.7 Å². The second-order valence-corrected chi connectivity index (χ2v) is 6.83. The van der Waals surface area contributed by atoms with Crippen molar-refractivity contribution in [2.45, 2.75) is 6.61 Å². The summed E-state index contributed by atoms with van der Waals surface area (Å²) in [5.74, 6) is -1.20. The molecule has 0 amide bonds. The van der Waals surface area contributed by atoms with Gasteiger partial charge in [-0.25, -0.2) is 9.59 Å². The molecule has 1 aromatic heterocycles. The Kier molecular flexibility index (Phi) is 5.62. The Morgan fingerprint density at radius 3 is 2.45 bits per heavy atom. The van der Waals surface area contributed by atoms with Crippen molar-refractivity contribution in [3.63, 3.8) is 0 Å². The lowest BCUT2D eigenvalue weighted by Gasteiger charge is -2.14. The van der Waals surface area contributed by atoms with Crippen molar-refractivity contribution >= 4 is 22.7 Å². The molecule has 1 heterocycles. The average molecular weight is 413 g/mol. The third kappa shape index (κ3) is 4.09. The molecule has 0 fully saturated rings. The minimum Gasteiger partial charge on any atom is -0.497 e. The number of esters is 1. The van der Waals surface area contributed by atoms with Crippen LogP contribution < -0.4 is 4.74 Å². The Bertz CT molecular complexity index is 1280. The first-order chi connectivity index (χ1) is 15.1. The highest BCUT2D eigenvalue weighted by Gasteiger charge is 2.19. The average Bonchev–Trinajstić information content (AvgIpc) is 2.82. The van der Waals surface area contributed by atoms with E-state index < -0.39 is 11.9 Å². The van der Waals surface area contributed by atoms with Crippen molar-refractivity contribution in [2.75, 3.05) is 7.11 Å². The van der Waals surface area contributed by atoms with Gasteiger partial charge in [0.1, 0.15) is 12.4 Å². The van der Waals surface area contributed by atoms with Crippen LogP contribution in [0, 0.1) is 0 Å². The van der Waals surface area contributed by atoms with E-state index in [4.69, 9.17) is 9.47 Å². The summed E-state index contributed by atoms with van der Waals surface area (Å²) in [6, 6.07) is 21.1. The number of ether oxygens (including phenoxy) is 2. The molecule has 0 aliphatic heterocycles. The fraction of sp³-hybridized carbons (Fsp3) is 0.0800. The Labute approximate surface area is 178 Å². The number of methoxy groups -OCH3 is 1. The number of aromatic nitrogens is 1. The quantitative estimate of drug-likeness (QED) is 0.450. The number of carboxylic acid groups (broad SMARTS) is 1. The summed E-state index contributed by atoms with van der Waals surface area (Å²) >= 11 is 0. The lowest BCUT2D eigenvalue weighted by Crippen LogP contribution is -2.12. The normalized spacial score (nSPS) is 10.6. The largest absolute Gasteiger partial charge is 0.497 e. The third-order valence-corrected chi connectivity index (χ3v) is 4.97. The molecular formula is C25H19NO5. The zero-order valence-electron chi connectivity index (χ0n) is 16.7. The highest BCUT2D eigenvalue weighted by Crippen LogP contribution is 2.31. The highest BCUT2D eigenvalue weighted by molar-refractivity contribution is 6.02. The van der Waals surface area contributed by atoms with E-state index in [0.717, 1.165) is 21.9 Å². The zero-order chi connectivity index (χ0) is 21.8. The maximum Gasteiger partial charge on any atom is 0.339 e. The summed E-state index contributed by atoms with van der Waals surface area (Å²) in [7, 11) is 1.59. The highest BCUT2D eigenvalue weighted by atomic mass is 16.5. The van der Waals surface area contributed by atoms with E-state index in [1.165, 1.54) is 12.1 Å². The van der Waals surface area contributed by atoms with Crippen LogP contribution >= 0.6 is 0 Å². The third-order valence-electron chi connectivity index (χ3n) is 4.97. The van der Waals surface area contributed by atoms with Gasteiger partial charge in [0.05, 0.1) is 23.9 Å². The van der Waals surface area contributed by atoms with Gasteiger partial charge in [-0.05, 0) is 29.7 Å². The standard InChI is InChI=1S/C25H19NO5/c1-30-18-9-6-8-16(13-18)23-22(19-10-3-2-7-17(19)14-26-23)15-31-25(29)21-12-5-4-11-20(21)24(27)28/h2-14H,15H2,1H3,(H,27,28). The van der Waals surface area contributed by atoms with E-state index in [1.807, 2.05) is 48.5 Å². The van der Waals surface area contributed by atoms with Gasteiger partial charge in [0.25, 0.3) is 0 Å². The molecular weight excluding hydrogens is 394 g/mol. The second kappa shape index (κ2) is 8.67. The monoisotopic (exact) mass is 413 g/mol. The molecule has 3 aromatic carbocycles. The van der Waals surface area contributed by atoms with Crippen molar-refractivity contribution in [3.05, 3.63) is 95.7 Å². The van der Waals surface area contributed by atoms with Crippen LogP contribution in [0.1, 0.15) is 26.3 Å². The van der Waals surface area contributed by atoms with Crippen LogP contribution in [0.4, 0.5) is 0 Å². The molecule has 1 N–H and O–H groups in total. The summed E-state index contributed by atoms with van der Waals surface area (Å²) < 4.78 is 10.9. The van der Waals surface area contributed by atoms with Crippen LogP contribution in [-0.4, -0.2) is 29.1 Å². The van der Waals surface area contributed by atoms with Gasteiger partial charge in [-0.1, -0.05) is 48.5 Å². The summed E-state index contributed by atoms with van der Waals surface area (Å²) in [5.41, 5.74) is 2.12. The molecule has 154 valence electrons. The first-order valence-corrected chi connectivity index (χ1v) is 9.59. The molecule has 4 rings (SSSR count). The van der Waals surface area contributed by atoms with Crippen LogP contribution in [0.3, 0.4) is 0 Å². The maximum atomic E-state index is 12.7. The first kappa shape index (κ1) is 20.1. The van der Waals surface area contributed by atoms with Crippen LogP contribution in [0.25, 0.3) is 22.0 Å². The maximum absolute atomic E-state index is 12.7. The van der Waals surface area contributed by atoms with Crippen molar-refractivity contribution in [1.29, 1.82) is 0 Å². The lowest BCUT2D eigenvalue weighted by molar-refractivity contribution is 0.0465. The van der Waals surface area contributed by atoms with Gasteiger partial charge in [-0.3, -0.25) is 4.98 Å². The molecule has 0 saturated heterocycles. The Morgan fingerprint density at radius 1 is 0.935 bits per heavy atom. The molecule has 0 atom stereocenters. The molecule has 0 bridgehead atoms. The van der Waals surface area contributed by atoms with E-state index in [2.05, 4.69) is 4.98 Å². The Morgan fingerprint density at radius 2 is 1.68 bits per heavy atom. The van der Waals surface area contributed by atoms with Gasteiger partial charge < -0.3 is 14.6 Å². The Hall–Kier alpha value is -4.19. The number of fused-ring (bicyclic) bond motifs is 1. The number of carbonyl (C=O) groups is 2. The van der Waals surface area contributed by atoms with Crippen LogP contribution in [-0.2, 0) is 11.3 Å². The predicted molar refractivity (Wildman–Crippen MR) is 116 cm³/mol. The number of aromatic carboxylic acids is 1. The fourth-order valence-corrected chi connectivity index (χ4v) is 3.45. The molecule has 6 nitrogen and oxygen atoms in total. The molecule has 0 aliphatic rings. The van der Waals surface area contributed by atoms with Gasteiger partial charge in [0.2, 0.25) is 0 Å². The minimum atomic E-state index is -1.18. The molecule has 31 heavy (non-hydrogen) atoms. The van der Waals surface area contributed by atoms with Crippen LogP contribution in [0.15, 0.2) is 79.0 Å². The molecule has 0 aliphatic carbocycles. The second-order valence-electron chi connectivity index (χ2n) is 6.83. The molecule has 0 saturated carbocycles. The summed E-state index contributed by atoms with van der Waals surface area (Å²) in [6.07, 6.45) is 1.77.